The predicted octanol–water partition coefficient (Wildman–Crippen LogP) is -0.152. The zero-order chi connectivity index (χ0) is 27.1. The largest absolute Gasteiger partial charge is 0.467 e. The van der Waals surface area contributed by atoms with E-state index >= 15 is 0 Å². The van der Waals surface area contributed by atoms with Crippen molar-refractivity contribution in [3.05, 3.63) is 35.9 Å². The molecular weight excluding hydrogens is 502 g/mol. The lowest BCUT2D eigenvalue weighted by Gasteiger charge is -2.44. The molecule has 6 amide bonds. The van der Waals surface area contributed by atoms with Crippen LogP contribution < -0.4 is 10.6 Å². The number of amides is 6. The lowest BCUT2D eigenvalue weighted by atomic mass is 9.95. The maximum Gasteiger partial charge on any atom is 0.330 e. The van der Waals surface area contributed by atoms with Crippen molar-refractivity contribution in [2.45, 2.75) is 49.0 Å². The van der Waals surface area contributed by atoms with E-state index in [4.69, 9.17) is 4.74 Å². The normalized spacial score (nSPS) is 25.2. The van der Waals surface area contributed by atoms with Gasteiger partial charge in [-0.05, 0) is 26.3 Å². The Morgan fingerprint density at radius 1 is 1.11 bits per heavy atom. The summed E-state index contributed by atoms with van der Waals surface area (Å²) in [6.07, 6.45) is 0. The fourth-order valence-electron chi connectivity index (χ4n) is 4.79. The average molecular weight is 532 g/mol. The molecular formula is C24H29N5O7S. The van der Waals surface area contributed by atoms with Gasteiger partial charge in [0.2, 0.25) is 11.8 Å². The van der Waals surface area contributed by atoms with Crippen LogP contribution in [0.5, 0.6) is 0 Å². The van der Waals surface area contributed by atoms with Gasteiger partial charge in [0.1, 0.15) is 23.5 Å². The molecule has 3 aliphatic heterocycles. The van der Waals surface area contributed by atoms with Crippen molar-refractivity contribution in [2.75, 3.05) is 26.7 Å². The molecule has 1 aromatic rings. The van der Waals surface area contributed by atoms with Crippen LogP contribution in [0.2, 0.25) is 0 Å². The molecule has 3 fully saturated rings. The molecule has 3 saturated heterocycles. The number of esters is 1. The van der Waals surface area contributed by atoms with E-state index in [0.717, 1.165) is 4.90 Å². The third kappa shape index (κ3) is 4.63. The molecule has 12 nitrogen and oxygen atoms in total. The summed E-state index contributed by atoms with van der Waals surface area (Å²) in [7, 11) is 1.26. The van der Waals surface area contributed by atoms with Crippen molar-refractivity contribution in [3.63, 3.8) is 0 Å². The van der Waals surface area contributed by atoms with E-state index in [-0.39, 0.29) is 13.1 Å². The number of imide groups is 1. The van der Waals surface area contributed by atoms with Gasteiger partial charge in [-0.2, -0.15) is 0 Å². The van der Waals surface area contributed by atoms with Crippen molar-refractivity contribution in [1.82, 2.24) is 25.3 Å². The Hall–Kier alpha value is -3.61. The van der Waals surface area contributed by atoms with E-state index in [0.29, 0.717) is 12.1 Å². The first kappa shape index (κ1) is 26.5. The average Bonchev–Trinajstić information content (AvgIpc) is 3.14. The molecule has 0 unspecified atom stereocenters. The summed E-state index contributed by atoms with van der Waals surface area (Å²) in [4.78, 5) is 80.0. The molecule has 4 rings (SSSR count). The van der Waals surface area contributed by atoms with Gasteiger partial charge in [0.15, 0.2) is 0 Å². The number of carbonyl (C=O) groups is 6. The molecule has 0 bridgehead atoms. The van der Waals surface area contributed by atoms with Crippen molar-refractivity contribution >= 4 is 47.4 Å². The first-order valence-corrected chi connectivity index (χ1v) is 12.7. The predicted molar refractivity (Wildman–Crippen MR) is 132 cm³/mol. The molecule has 2 N–H and O–H groups in total. The molecule has 0 spiro atoms. The van der Waals surface area contributed by atoms with Crippen LogP contribution in [-0.4, -0.2) is 99.3 Å². The third-order valence-corrected chi connectivity index (χ3v) is 8.33. The molecule has 13 heteroatoms. The van der Waals surface area contributed by atoms with Crippen molar-refractivity contribution in [2.24, 2.45) is 0 Å². The van der Waals surface area contributed by atoms with Crippen LogP contribution in [0.25, 0.3) is 0 Å². The highest BCUT2D eigenvalue weighted by Crippen LogP contribution is 2.51. The number of fused-ring (bicyclic) bond motifs is 1. The Kier molecular flexibility index (Phi) is 7.18. The number of hydrogen-bond donors (Lipinski definition) is 2. The number of urea groups is 1. The van der Waals surface area contributed by atoms with E-state index in [1.807, 2.05) is 13.8 Å². The zero-order valence-corrected chi connectivity index (χ0v) is 21.7. The van der Waals surface area contributed by atoms with Gasteiger partial charge in [0.25, 0.3) is 0 Å². The van der Waals surface area contributed by atoms with Crippen LogP contribution in [-0.2, 0) is 28.7 Å². The number of nitrogens with zero attached hydrogens (tertiary/aromatic N) is 3. The van der Waals surface area contributed by atoms with Gasteiger partial charge in [0.05, 0.1) is 7.11 Å². The van der Waals surface area contributed by atoms with Gasteiger partial charge in [-0.25, -0.2) is 9.59 Å². The topological polar surface area (TPSA) is 145 Å². The van der Waals surface area contributed by atoms with Gasteiger partial charge in [-0.15, -0.1) is 11.8 Å². The SMILES string of the molecule is CCN1CCN(C(=O)N[C@@H](C(=O)N[C@@H]2C(=O)N3[C@@H]2SC(C)(C)[C@@H]3C(=O)OC)c2ccccc2)C(=O)C1=O. The van der Waals surface area contributed by atoms with Gasteiger partial charge < -0.3 is 25.2 Å². The highest BCUT2D eigenvalue weighted by Gasteiger charge is 2.64. The van der Waals surface area contributed by atoms with Crippen molar-refractivity contribution in [1.29, 1.82) is 0 Å². The lowest BCUT2D eigenvalue weighted by Crippen LogP contribution is -2.71. The zero-order valence-electron chi connectivity index (χ0n) is 20.9. The summed E-state index contributed by atoms with van der Waals surface area (Å²) in [5.74, 6) is -3.38. The van der Waals surface area contributed by atoms with E-state index in [1.165, 1.54) is 28.7 Å². The minimum Gasteiger partial charge on any atom is -0.467 e. The molecule has 1 aromatic carbocycles. The minimum atomic E-state index is -1.24. The maximum atomic E-state index is 13.4. The number of rotatable bonds is 6. The number of piperazine rings is 1. The fourth-order valence-corrected chi connectivity index (χ4v) is 6.41. The van der Waals surface area contributed by atoms with Crippen LogP contribution in [0.3, 0.4) is 0 Å². The summed E-state index contributed by atoms with van der Waals surface area (Å²) in [6.45, 7) is 5.91. The summed E-state index contributed by atoms with van der Waals surface area (Å²) in [5.41, 5.74) is 0.426. The summed E-state index contributed by atoms with van der Waals surface area (Å²) >= 11 is 1.38. The first-order chi connectivity index (χ1) is 17.5. The van der Waals surface area contributed by atoms with Gasteiger partial charge in [-0.1, -0.05) is 30.3 Å². The molecule has 0 radical (unpaired) electrons. The summed E-state index contributed by atoms with van der Waals surface area (Å²) in [6, 6.07) is 4.54. The van der Waals surface area contributed by atoms with E-state index < -0.39 is 63.9 Å². The standard InChI is InChI=1S/C24H29N5O7S/c1-5-27-11-12-28(20(33)19(27)32)23(35)26-14(13-9-7-6-8-10-13)17(30)25-15-18(31)29-16(22(34)36-4)24(2,3)37-21(15)29/h6-10,14-16,21H,5,11-12H2,1-4H3,(H,25,30)(H,26,35)/t14-,15-,16+,21-/m1/s1. The smallest absolute Gasteiger partial charge is 0.330 e. The Labute approximate surface area is 218 Å². The number of β-lactam (4-membered cyclic amide) rings is 1. The van der Waals surface area contributed by atoms with Crippen LogP contribution in [0, 0.1) is 0 Å². The van der Waals surface area contributed by atoms with Gasteiger partial charge >= 0.3 is 23.8 Å². The number of likely N-dealkylation sites (N-methyl/N-ethyl adjacent to an activating group) is 1. The van der Waals surface area contributed by atoms with Gasteiger partial charge in [-0.3, -0.25) is 24.1 Å². The second-order valence-corrected chi connectivity index (χ2v) is 11.2. The first-order valence-electron chi connectivity index (χ1n) is 11.9. The Morgan fingerprint density at radius 2 is 1.78 bits per heavy atom. The third-order valence-electron chi connectivity index (χ3n) is 6.76. The number of ether oxygens (including phenoxy) is 1. The van der Waals surface area contributed by atoms with Crippen molar-refractivity contribution < 1.29 is 33.5 Å². The van der Waals surface area contributed by atoms with Crippen molar-refractivity contribution in [3.8, 4) is 0 Å². The molecule has 0 aliphatic carbocycles. The maximum absolute atomic E-state index is 13.4. The van der Waals surface area contributed by atoms with Gasteiger partial charge in [0, 0.05) is 24.4 Å². The molecule has 0 saturated carbocycles. The van der Waals surface area contributed by atoms with Crippen LogP contribution in [0.15, 0.2) is 30.3 Å². The van der Waals surface area contributed by atoms with Crippen LogP contribution in [0.4, 0.5) is 4.79 Å². The molecule has 37 heavy (non-hydrogen) atoms. The monoisotopic (exact) mass is 531 g/mol. The fraction of sp³-hybridized carbons (Fsp3) is 0.500. The molecule has 0 aromatic heterocycles. The number of nitrogens with one attached hydrogen (secondary N) is 2. The number of thioether (sulfide) groups is 1. The second-order valence-electron chi connectivity index (χ2n) is 9.40. The molecule has 198 valence electrons. The number of carbonyl (C=O) groups excluding carboxylic acids is 6. The highest BCUT2D eigenvalue weighted by molar-refractivity contribution is 8.01. The van der Waals surface area contributed by atoms with Crippen LogP contribution >= 0.6 is 11.8 Å². The Balaban J connectivity index is 1.51. The Morgan fingerprint density at radius 3 is 2.41 bits per heavy atom. The molecule has 4 atom stereocenters. The molecule has 3 aliphatic rings. The highest BCUT2D eigenvalue weighted by atomic mass is 32.2. The van der Waals surface area contributed by atoms with E-state index in [1.54, 1.807) is 37.3 Å². The quantitative estimate of drug-likeness (QED) is 0.293. The summed E-state index contributed by atoms with van der Waals surface area (Å²) in [5, 5.41) is 4.76. The van der Waals surface area contributed by atoms with Crippen LogP contribution in [0.1, 0.15) is 32.4 Å². The van der Waals surface area contributed by atoms with E-state index in [2.05, 4.69) is 10.6 Å². The second kappa shape index (κ2) is 10.0. The molecule has 3 heterocycles. The lowest BCUT2D eigenvalue weighted by molar-refractivity contribution is -0.162. The number of methoxy groups -OCH3 is 1. The minimum absolute atomic E-state index is 0.00778. The summed E-state index contributed by atoms with van der Waals surface area (Å²) < 4.78 is 4.24. The Bertz CT molecular complexity index is 1140. The number of hydrogen-bond acceptors (Lipinski definition) is 8. The van der Waals surface area contributed by atoms with E-state index in [9.17, 15) is 28.8 Å². The number of benzene rings is 1.